The Kier molecular flexibility index (Phi) is 6.23. The van der Waals surface area contributed by atoms with Gasteiger partial charge in [-0.2, -0.15) is 13.2 Å². The molecule has 0 saturated heterocycles. The van der Waals surface area contributed by atoms with Crippen LogP contribution in [0.2, 0.25) is 0 Å². The zero-order valence-electron chi connectivity index (χ0n) is 12.1. The normalized spacial score (nSPS) is 18.6. The van der Waals surface area contributed by atoms with E-state index in [9.17, 15) is 18.0 Å². The van der Waals surface area contributed by atoms with Crippen molar-refractivity contribution in [2.75, 3.05) is 0 Å². The minimum Gasteiger partial charge on any atom is -0.345 e. The van der Waals surface area contributed by atoms with Crippen LogP contribution in [-0.4, -0.2) is 16.4 Å². The fourth-order valence-electron chi connectivity index (χ4n) is 2.45. The summed E-state index contributed by atoms with van der Waals surface area (Å²) in [5.74, 6) is -0.296. The summed E-state index contributed by atoms with van der Waals surface area (Å²) in [5, 5.41) is 3.98. The van der Waals surface area contributed by atoms with Gasteiger partial charge in [0.1, 0.15) is 5.01 Å². The molecule has 1 atom stereocenters. The lowest BCUT2D eigenvalue weighted by Crippen LogP contribution is -2.52. The van der Waals surface area contributed by atoms with Crippen molar-refractivity contribution in [2.24, 2.45) is 5.73 Å². The van der Waals surface area contributed by atoms with Crippen LogP contribution < -0.4 is 11.1 Å². The third-order valence-corrected chi connectivity index (χ3v) is 4.73. The Hall–Kier alpha value is -0.860. The number of carbonyl (C=O) groups is 1. The Morgan fingerprint density at radius 1 is 1.50 bits per heavy atom. The van der Waals surface area contributed by atoms with Crippen LogP contribution >= 0.6 is 23.7 Å². The summed E-state index contributed by atoms with van der Waals surface area (Å²) < 4.78 is 37.7. The lowest BCUT2D eigenvalue weighted by Gasteiger charge is -2.25. The molecule has 1 unspecified atom stereocenters. The van der Waals surface area contributed by atoms with E-state index in [1.807, 2.05) is 0 Å². The second kappa shape index (κ2) is 7.14. The van der Waals surface area contributed by atoms with Crippen LogP contribution in [0.25, 0.3) is 0 Å². The van der Waals surface area contributed by atoms with Crippen molar-refractivity contribution in [3.8, 4) is 0 Å². The first kappa shape index (κ1) is 19.2. The van der Waals surface area contributed by atoms with Crippen molar-refractivity contribution >= 4 is 29.7 Å². The van der Waals surface area contributed by atoms with Crippen molar-refractivity contribution in [2.45, 2.75) is 56.8 Å². The van der Waals surface area contributed by atoms with Gasteiger partial charge in [0.15, 0.2) is 5.69 Å². The second-order valence-electron chi connectivity index (χ2n) is 5.37. The Bertz CT molecular complexity index is 515. The molecule has 1 amide bonds. The van der Waals surface area contributed by atoms with Gasteiger partial charge in [-0.05, 0) is 19.3 Å². The Morgan fingerprint density at radius 2 is 2.09 bits per heavy atom. The fourth-order valence-corrected chi connectivity index (χ4v) is 3.41. The van der Waals surface area contributed by atoms with Crippen LogP contribution in [0.1, 0.15) is 55.8 Å². The van der Waals surface area contributed by atoms with Gasteiger partial charge in [-0.3, -0.25) is 4.79 Å². The smallest absolute Gasteiger partial charge is 0.345 e. The number of nitrogens with two attached hydrogens (primary N) is 1. The molecule has 1 aliphatic carbocycles. The molecule has 1 aromatic heterocycles. The van der Waals surface area contributed by atoms with Crippen molar-refractivity contribution in [3.63, 3.8) is 0 Å². The predicted molar refractivity (Wildman–Crippen MR) is 80.9 cm³/mol. The first-order valence-corrected chi connectivity index (χ1v) is 7.76. The van der Waals surface area contributed by atoms with Crippen LogP contribution in [0, 0.1) is 0 Å². The largest absolute Gasteiger partial charge is 0.434 e. The SMILES string of the molecule is CCC(NC(=O)C1(N)CCCC1)c1nc(C(F)(F)F)cs1.Cl. The van der Waals surface area contributed by atoms with E-state index >= 15 is 0 Å². The highest BCUT2D eigenvalue weighted by molar-refractivity contribution is 7.09. The first-order chi connectivity index (χ1) is 9.76. The van der Waals surface area contributed by atoms with Crippen LogP contribution in [0.15, 0.2) is 5.38 Å². The van der Waals surface area contributed by atoms with Gasteiger partial charge in [0.2, 0.25) is 5.91 Å². The van der Waals surface area contributed by atoms with Gasteiger partial charge in [0.25, 0.3) is 0 Å². The molecule has 0 bridgehead atoms. The molecule has 4 nitrogen and oxygen atoms in total. The van der Waals surface area contributed by atoms with Gasteiger partial charge in [-0.1, -0.05) is 19.8 Å². The molecule has 1 heterocycles. The molecule has 22 heavy (non-hydrogen) atoms. The van der Waals surface area contributed by atoms with E-state index in [0.717, 1.165) is 29.6 Å². The van der Waals surface area contributed by atoms with E-state index in [4.69, 9.17) is 5.73 Å². The fraction of sp³-hybridized carbons (Fsp3) is 0.692. The summed E-state index contributed by atoms with van der Waals surface area (Å²) in [6, 6.07) is -0.528. The highest BCUT2D eigenvalue weighted by Gasteiger charge is 2.39. The highest BCUT2D eigenvalue weighted by Crippen LogP contribution is 2.33. The summed E-state index contributed by atoms with van der Waals surface area (Å²) in [5.41, 5.74) is 4.24. The van der Waals surface area contributed by atoms with E-state index in [0.29, 0.717) is 19.3 Å². The molecule has 0 radical (unpaired) electrons. The Morgan fingerprint density at radius 3 is 2.55 bits per heavy atom. The predicted octanol–water partition coefficient (Wildman–Crippen LogP) is 3.42. The monoisotopic (exact) mass is 357 g/mol. The number of hydrogen-bond acceptors (Lipinski definition) is 4. The number of rotatable bonds is 4. The molecule has 9 heteroatoms. The van der Waals surface area contributed by atoms with Gasteiger partial charge in [0.05, 0.1) is 11.6 Å². The molecular weight excluding hydrogens is 339 g/mol. The molecule has 0 aromatic carbocycles. The summed E-state index contributed by atoms with van der Waals surface area (Å²) in [7, 11) is 0. The number of nitrogens with one attached hydrogen (secondary N) is 1. The minimum absolute atomic E-state index is 0. The highest BCUT2D eigenvalue weighted by atomic mass is 35.5. The summed E-state index contributed by atoms with van der Waals surface area (Å²) >= 11 is 0.906. The van der Waals surface area contributed by atoms with Gasteiger partial charge >= 0.3 is 6.18 Å². The van der Waals surface area contributed by atoms with Crippen molar-refractivity contribution in [3.05, 3.63) is 16.1 Å². The van der Waals surface area contributed by atoms with E-state index < -0.39 is 23.5 Å². The summed E-state index contributed by atoms with van der Waals surface area (Å²) in [6.07, 6.45) is -0.974. The number of thiazole rings is 1. The molecule has 1 aromatic rings. The van der Waals surface area contributed by atoms with Crippen LogP contribution in [0.4, 0.5) is 13.2 Å². The second-order valence-corrected chi connectivity index (χ2v) is 6.26. The molecule has 0 spiro atoms. The van der Waals surface area contributed by atoms with E-state index in [1.54, 1.807) is 6.92 Å². The average Bonchev–Trinajstić information content (AvgIpc) is 3.04. The van der Waals surface area contributed by atoms with E-state index in [-0.39, 0.29) is 23.3 Å². The molecule has 0 aliphatic heterocycles. The van der Waals surface area contributed by atoms with E-state index in [1.165, 1.54) is 0 Å². The van der Waals surface area contributed by atoms with Gasteiger partial charge < -0.3 is 11.1 Å². The topological polar surface area (TPSA) is 68.0 Å². The van der Waals surface area contributed by atoms with Crippen molar-refractivity contribution < 1.29 is 18.0 Å². The lowest BCUT2D eigenvalue weighted by molar-refractivity contribution is -0.140. The molecule has 126 valence electrons. The third-order valence-electron chi connectivity index (χ3n) is 3.77. The van der Waals surface area contributed by atoms with Crippen molar-refractivity contribution in [1.29, 1.82) is 0 Å². The van der Waals surface area contributed by atoms with E-state index in [2.05, 4.69) is 10.3 Å². The zero-order valence-corrected chi connectivity index (χ0v) is 13.7. The zero-order chi connectivity index (χ0) is 15.7. The maximum Gasteiger partial charge on any atom is 0.434 e. The molecule has 2 rings (SSSR count). The lowest BCUT2D eigenvalue weighted by atomic mass is 9.97. The maximum absolute atomic E-state index is 12.6. The van der Waals surface area contributed by atoms with Crippen LogP contribution in [-0.2, 0) is 11.0 Å². The van der Waals surface area contributed by atoms with Gasteiger partial charge in [-0.15, -0.1) is 23.7 Å². The number of halogens is 4. The number of carbonyl (C=O) groups excluding carboxylic acids is 1. The van der Waals surface area contributed by atoms with Gasteiger partial charge in [0, 0.05) is 5.38 Å². The first-order valence-electron chi connectivity index (χ1n) is 6.89. The quantitative estimate of drug-likeness (QED) is 0.867. The number of amides is 1. The summed E-state index contributed by atoms with van der Waals surface area (Å²) in [6.45, 7) is 1.79. The number of alkyl halides is 3. The molecule has 3 N–H and O–H groups in total. The Balaban J connectivity index is 0.00000242. The third kappa shape index (κ3) is 4.11. The Labute approximate surface area is 137 Å². The molecule has 1 saturated carbocycles. The molecule has 1 aliphatic rings. The van der Waals surface area contributed by atoms with Crippen molar-refractivity contribution in [1.82, 2.24) is 10.3 Å². The average molecular weight is 358 g/mol. The van der Waals surface area contributed by atoms with Gasteiger partial charge in [-0.25, -0.2) is 4.98 Å². The van der Waals surface area contributed by atoms with Crippen LogP contribution in [0.5, 0.6) is 0 Å². The number of nitrogens with zero attached hydrogens (tertiary/aromatic N) is 1. The molecule has 1 fully saturated rings. The number of aromatic nitrogens is 1. The summed E-state index contributed by atoms with van der Waals surface area (Å²) in [4.78, 5) is 15.8. The maximum atomic E-state index is 12.6. The number of hydrogen-bond donors (Lipinski definition) is 2. The molecular formula is C13H19ClF3N3OS. The standard InChI is InChI=1S/C13H18F3N3OS.ClH/c1-2-8(10-19-9(7-21-10)13(14,15)16)18-11(20)12(17)5-3-4-6-12;/h7-8H,2-6,17H2,1H3,(H,18,20);1H. The minimum atomic E-state index is -4.46. The van der Waals surface area contributed by atoms with Crippen LogP contribution in [0.3, 0.4) is 0 Å².